The Morgan fingerprint density at radius 1 is 1.12 bits per heavy atom. The summed E-state index contributed by atoms with van der Waals surface area (Å²) in [7, 11) is 0. The lowest BCUT2D eigenvalue weighted by Gasteiger charge is -2.38. The summed E-state index contributed by atoms with van der Waals surface area (Å²) in [6.07, 6.45) is 2.41. The fourth-order valence-electron chi connectivity index (χ4n) is 3.27. The Hall–Kier alpha value is -1.55. The van der Waals surface area contributed by atoms with E-state index in [4.69, 9.17) is 28.9 Å². The second-order valence-electron chi connectivity index (χ2n) is 6.28. The van der Waals surface area contributed by atoms with Crippen LogP contribution in [0.4, 0.5) is 0 Å². The number of halogens is 2. The third kappa shape index (κ3) is 4.10. The van der Waals surface area contributed by atoms with Crippen LogP contribution in [0.2, 0.25) is 10.0 Å². The van der Waals surface area contributed by atoms with Crippen LogP contribution in [0.15, 0.2) is 48.5 Å². The van der Waals surface area contributed by atoms with E-state index in [-0.39, 0.29) is 18.0 Å². The van der Waals surface area contributed by atoms with Gasteiger partial charge in [0.1, 0.15) is 0 Å². The summed E-state index contributed by atoms with van der Waals surface area (Å²) in [5.41, 5.74) is 7.88. The zero-order chi connectivity index (χ0) is 17.1. The Balaban J connectivity index is 1.84. The van der Waals surface area contributed by atoms with Crippen LogP contribution in [-0.2, 0) is 6.42 Å². The van der Waals surface area contributed by atoms with Crippen molar-refractivity contribution in [1.82, 2.24) is 4.90 Å². The molecule has 2 unspecified atom stereocenters. The molecule has 24 heavy (non-hydrogen) atoms. The summed E-state index contributed by atoms with van der Waals surface area (Å²) in [6, 6.07) is 15.4. The fraction of sp³-hybridized carbons (Fsp3) is 0.316. The third-order valence-electron chi connectivity index (χ3n) is 4.44. The van der Waals surface area contributed by atoms with E-state index in [1.807, 2.05) is 23.1 Å². The molecule has 0 spiro atoms. The molecule has 3 nitrogen and oxygen atoms in total. The van der Waals surface area contributed by atoms with Crippen LogP contribution in [-0.4, -0.2) is 29.4 Å². The Morgan fingerprint density at radius 3 is 2.46 bits per heavy atom. The van der Waals surface area contributed by atoms with Gasteiger partial charge in [-0.3, -0.25) is 4.79 Å². The van der Waals surface area contributed by atoms with Gasteiger partial charge in [-0.1, -0.05) is 53.5 Å². The van der Waals surface area contributed by atoms with E-state index < -0.39 is 0 Å². The number of likely N-dealkylation sites (tertiary alicyclic amines) is 1. The lowest BCUT2D eigenvalue weighted by molar-refractivity contribution is 0.0595. The van der Waals surface area contributed by atoms with Gasteiger partial charge in [-0.25, -0.2) is 0 Å². The van der Waals surface area contributed by atoms with Crippen molar-refractivity contribution in [3.05, 3.63) is 69.7 Å². The number of amides is 1. The highest BCUT2D eigenvalue weighted by Crippen LogP contribution is 2.25. The fourth-order valence-corrected chi connectivity index (χ4v) is 3.80. The number of piperidine rings is 1. The van der Waals surface area contributed by atoms with Gasteiger partial charge in [-0.15, -0.1) is 0 Å². The maximum Gasteiger partial charge on any atom is 0.254 e. The summed E-state index contributed by atoms with van der Waals surface area (Å²) in [5.74, 6) is -0.0350. The smallest absolute Gasteiger partial charge is 0.254 e. The molecular formula is C19H20Cl2N2O. The van der Waals surface area contributed by atoms with Gasteiger partial charge >= 0.3 is 0 Å². The van der Waals surface area contributed by atoms with Crippen molar-refractivity contribution in [3.63, 3.8) is 0 Å². The largest absolute Gasteiger partial charge is 0.335 e. The average Bonchev–Trinajstić information content (AvgIpc) is 2.54. The molecule has 1 amide bonds. The summed E-state index contributed by atoms with van der Waals surface area (Å²) >= 11 is 12.1. The van der Waals surface area contributed by atoms with Gasteiger partial charge in [-0.2, -0.15) is 0 Å². The number of hydrogen-bond donors (Lipinski definition) is 1. The molecule has 1 aliphatic rings. The Morgan fingerprint density at radius 2 is 1.79 bits per heavy atom. The van der Waals surface area contributed by atoms with E-state index in [0.717, 1.165) is 19.3 Å². The second kappa shape index (κ2) is 7.56. The molecule has 2 N–H and O–H groups in total. The lowest BCUT2D eigenvalue weighted by atomic mass is 9.92. The lowest BCUT2D eigenvalue weighted by Crippen LogP contribution is -2.50. The molecule has 1 saturated heterocycles. The molecule has 0 saturated carbocycles. The van der Waals surface area contributed by atoms with Crippen molar-refractivity contribution in [1.29, 1.82) is 0 Å². The van der Waals surface area contributed by atoms with Gasteiger partial charge in [0.2, 0.25) is 0 Å². The van der Waals surface area contributed by atoms with Crippen LogP contribution in [0.25, 0.3) is 0 Å². The molecule has 3 rings (SSSR count). The van der Waals surface area contributed by atoms with E-state index in [2.05, 4.69) is 12.1 Å². The van der Waals surface area contributed by atoms with Crippen LogP contribution in [0, 0.1) is 0 Å². The molecule has 2 aromatic rings. The first-order valence-electron chi connectivity index (χ1n) is 8.09. The number of hydrogen-bond acceptors (Lipinski definition) is 2. The number of nitrogens with two attached hydrogens (primary N) is 1. The molecule has 2 atom stereocenters. The molecule has 0 aromatic heterocycles. The van der Waals surface area contributed by atoms with Crippen LogP contribution in [0.1, 0.15) is 28.8 Å². The van der Waals surface area contributed by atoms with Gasteiger partial charge in [0, 0.05) is 34.2 Å². The summed E-state index contributed by atoms with van der Waals surface area (Å²) in [6.45, 7) is 0.654. The first-order valence-corrected chi connectivity index (χ1v) is 8.85. The highest BCUT2D eigenvalue weighted by Gasteiger charge is 2.31. The van der Waals surface area contributed by atoms with Crippen molar-refractivity contribution in [3.8, 4) is 0 Å². The van der Waals surface area contributed by atoms with Gasteiger partial charge < -0.3 is 10.6 Å². The molecule has 0 radical (unpaired) electrons. The average molecular weight is 363 g/mol. The van der Waals surface area contributed by atoms with Crippen LogP contribution in [0.5, 0.6) is 0 Å². The Labute approximate surface area is 152 Å². The number of benzene rings is 2. The molecule has 1 heterocycles. The molecule has 126 valence electrons. The number of carbonyl (C=O) groups is 1. The first kappa shape index (κ1) is 17.3. The van der Waals surface area contributed by atoms with Crippen LogP contribution >= 0.6 is 23.2 Å². The predicted molar refractivity (Wildman–Crippen MR) is 98.6 cm³/mol. The quantitative estimate of drug-likeness (QED) is 0.890. The van der Waals surface area contributed by atoms with Crippen molar-refractivity contribution in [2.75, 3.05) is 6.54 Å². The van der Waals surface area contributed by atoms with E-state index in [1.165, 1.54) is 5.56 Å². The van der Waals surface area contributed by atoms with E-state index in [1.54, 1.807) is 18.2 Å². The highest BCUT2D eigenvalue weighted by atomic mass is 35.5. The van der Waals surface area contributed by atoms with Gasteiger partial charge in [0.15, 0.2) is 0 Å². The number of rotatable bonds is 3. The van der Waals surface area contributed by atoms with Crippen molar-refractivity contribution < 1.29 is 4.79 Å². The Bertz CT molecular complexity index is 700. The summed E-state index contributed by atoms with van der Waals surface area (Å²) in [5, 5.41) is 0.943. The normalized spacial score (nSPS) is 20.9. The Kier molecular flexibility index (Phi) is 5.44. The summed E-state index contributed by atoms with van der Waals surface area (Å²) in [4.78, 5) is 14.9. The van der Waals surface area contributed by atoms with Crippen molar-refractivity contribution in [2.45, 2.75) is 31.3 Å². The monoisotopic (exact) mass is 362 g/mol. The second-order valence-corrected chi connectivity index (χ2v) is 7.16. The van der Waals surface area contributed by atoms with Crippen LogP contribution in [0.3, 0.4) is 0 Å². The minimum atomic E-state index is -0.0350. The molecule has 0 aliphatic carbocycles. The van der Waals surface area contributed by atoms with Gasteiger partial charge in [0.25, 0.3) is 5.91 Å². The summed E-state index contributed by atoms with van der Waals surface area (Å²) < 4.78 is 0. The minimum absolute atomic E-state index is 0.0350. The molecule has 1 fully saturated rings. The van der Waals surface area contributed by atoms with E-state index in [0.29, 0.717) is 22.2 Å². The maximum atomic E-state index is 13.0. The van der Waals surface area contributed by atoms with E-state index >= 15 is 0 Å². The molecule has 1 aliphatic heterocycles. The van der Waals surface area contributed by atoms with Crippen LogP contribution < -0.4 is 5.73 Å². The predicted octanol–water partition coefficient (Wildman–Crippen LogP) is 4.17. The van der Waals surface area contributed by atoms with Crippen molar-refractivity contribution >= 4 is 29.1 Å². The molecule has 5 heteroatoms. The van der Waals surface area contributed by atoms with E-state index in [9.17, 15) is 4.79 Å². The minimum Gasteiger partial charge on any atom is -0.335 e. The SMILES string of the molecule is NC1CCN(C(=O)c2cc(Cl)cc(Cl)c2)C(Cc2ccccc2)C1. The topological polar surface area (TPSA) is 46.3 Å². The molecule has 0 bridgehead atoms. The number of nitrogens with zero attached hydrogens (tertiary/aromatic N) is 1. The zero-order valence-electron chi connectivity index (χ0n) is 13.3. The number of carbonyl (C=O) groups excluding carboxylic acids is 1. The highest BCUT2D eigenvalue weighted by molar-refractivity contribution is 6.35. The maximum absolute atomic E-state index is 13.0. The zero-order valence-corrected chi connectivity index (χ0v) is 14.8. The molecule has 2 aromatic carbocycles. The molecular weight excluding hydrogens is 343 g/mol. The van der Waals surface area contributed by atoms with Gasteiger partial charge in [0.05, 0.1) is 0 Å². The standard InChI is InChI=1S/C19H20Cl2N2O/c20-15-9-14(10-16(21)11-15)19(24)23-7-6-17(22)12-18(23)8-13-4-2-1-3-5-13/h1-5,9-11,17-18H,6-8,12,22H2. The van der Waals surface area contributed by atoms with Crippen molar-refractivity contribution in [2.24, 2.45) is 5.73 Å². The third-order valence-corrected chi connectivity index (χ3v) is 4.88. The van der Waals surface area contributed by atoms with Gasteiger partial charge in [-0.05, 0) is 43.0 Å². The first-order chi connectivity index (χ1) is 11.5.